The number of hydrogen-bond acceptors (Lipinski definition) is 5. The summed E-state index contributed by atoms with van der Waals surface area (Å²) < 4.78 is 8.38. The normalized spacial score (nSPS) is 19.6. The minimum absolute atomic E-state index is 0.0773. The molecule has 0 aliphatic heterocycles. The van der Waals surface area contributed by atoms with Crippen LogP contribution in [-0.2, 0) is 16.8 Å². The highest BCUT2D eigenvalue weighted by Crippen LogP contribution is 2.62. The van der Waals surface area contributed by atoms with Gasteiger partial charge in [-0.1, -0.05) is 12.1 Å². The van der Waals surface area contributed by atoms with Gasteiger partial charge in [0.05, 0.1) is 29.4 Å². The average Bonchev–Trinajstić information content (AvgIpc) is 3.26. The predicted molar refractivity (Wildman–Crippen MR) is 141 cm³/mol. The molecule has 0 saturated heterocycles. The van der Waals surface area contributed by atoms with Crippen LogP contribution < -0.4 is 15.4 Å². The van der Waals surface area contributed by atoms with Gasteiger partial charge in [-0.05, 0) is 80.0 Å². The molecule has 0 unspecified atom stereocenters. The summed E-state index contributed by atoms with van der Waals surface area (Å²) in [7, 11) is 1.60. The van der Waals surface area contributed by atoms with Gasteiger partial charge in [0, 0.05) is 30.4 Å². The summed E-state index contributed by atoms with van der Waals surface area (Å²) in [6.07, 6.45) is 9.26. The molecule has 8 nitrogen and oxygen atoms in total. The lowest BCUT2D eigenvalue weighted by Crippen LogP contribution is -2.59. The van der Waals surface area contributed by atoms with Crippen LogP contribution in [0, 0.1) is 19.8 Å². The Morgan fingerprint density at radius 3 is 2.54 bits per heavy atom. The largest absolute Gasteiger partial charge is 0.456 e. The summed E-state index contributed by atoms with van der Waals surface area (Å²) in [6, 6.07) is 11.1. The number of aromatic nitrogens is 3. The molecule has 0 spiro atoms. The number of nitrogens with zero attached hydrogens (tertiary/aromatic N) is 3. The van der Waals surface area contributed by atoms with Gasteiger partial charge < -0.3 is 15.4 Å². The monoisotopic (exact) mass is 495 g/mol. The van der Waals surface area contributed by atoms with Crippen molar-refractivity contribution < 1.29 is 14.3 Å². The summed E-state index contributed by atoms with van der Waals surface area (Å²) >= 11 is 0. The Bertz CT molecular complexity index is 1520. The molecule has 2 bridgehead atoms. The molecule has 37 heavy (non-hydrogen) atoms. The number of hydrogen-bond donors (Lipinski definition) is 2. The second kappa shape index (κ2) is 8.73. The van der Waals surface area contributed by atoms with Crippen LogP contribution in [0.25, 0.3) is 10.9 Å². The second-order valence-electron chi connectivity index (χ2n) is 10.4. The highest BCUT2D eigenvalue weighted by atomic mass is 16.5. The van der Waals surface area contributed by atoms with Crippen LogP contribution in [0.15, 0.2) is 55.0 Å². The van der Waals surface area contributed by atoms with E-state index in [0.717, 1.165) is 44.9 Å². The van der Waals surface area contributed by atoms with Crippen molar-refractivity contribution in [2.45, 2.75) is 45.1 Å². The number of carbonyl (C=O) groups is 2. The molecule has 7 rings (SSSR count). The first kappa shape index (κ1) is 23.2. The van der Waals surface area contributed by atoms with Crippen LogP contribution in [0.1, 0.15) is 46.3 Å². The van der Waals surface area contributed by atoms with Gasteiger partial charge in [-0.2, -0.15) is 5.10 Å². The molecule has 8 heteroatoms. The third kappa shape index (κ3) is 4.12. The third-order valence-electron chi connectivity index (χ3n) is 7.65. The lowest BCUT2D eigenvalue weighted by Gasteiger charge is -2.61. The number of ether oxygens (including phenoxy) is 1. The van der Waals surface area contributed by atoms with Crippen LogP contribution in [-0.4, -0.2) is 33.6 Å². The Balaban J connectivity index is 1.18. The van der Waals surface area contributed by atoms with Crippen LogP contribution in [0.5, 0.6) is 11.5 Å². The highest BCUT2D eigenvalue weighted by molar-refractivity contribution is 5.99. The van der Waals surface area contributed by atoms with Crippen molar-refractivity contribution in [3.8, 4) is 11.5 Å². The first-order valence-corrected chi connectivity index (χ1v) is 12.6. The zero-order valence-electron chi connectivity index (χ0n) is 21.2. The molecule has 4 aromatic rings. The number of fused-ring (bicyclic) bond motifs is 1. The molecule has 3 aliphatic rings. The number of benzene rings is 2. The van der Waals surface area contributed by atoms with E-state index in [1.165, 1.54) is 19.3 Å². The molecular weight excluding hydrogens is 466 g/mol. The van der Waals surface area contributed by atoms with E-state index in [1.54, 1.807) is 37.6 Å². The van der Waals surface area contributed by atoms with E-state index in [2.05, 4.69) is 20.7 Å². The maximum absolute atomic E-state index is 12.8. The number of carbonyl (C=O) groups excluding carboxylic acids is 2. The minimum atomic E-state index is -0.168. The molecule has 2 N–H and O–H groups in total. The second-order valence-corrected chi connectivity index (χ2v) is 10.4. The fraction of sp³-hybridized carbons (Fsp3) is 0.310. The van der Waals surface area contributed by atoms with Crippen molar-refractivity contribution in [2.75, 3.05) is 12.4 Å². The van der Waals surface area contributed by atoms with Crippen molar-refractivity contribution in [1.29, 1.82) is 0 Å². The van der Waals surface area contributed by atoms with Crippen molar-refractivity contribution >= 4 is 28.4 Å². The number of nitrogens with one attached hydrogen (secondary N) is 2. The minimum Gasteiger partial charge on any atom is -0.456 e. The number of aryl methyl sites for hydroxylation is 2. The van der Waals surface area contributed by atoms with Gasteiger partial charge in [-0.15, -0.1) is 0 Å². The summed E-state index contributed by atoms with van der Waals surface area (Å²) in [5.74, 6) is 1.97. The van der Waals surface area contributed by atoms with Gasteiger partial charge in [-0.25, -0.2) is 0 Å². The number of amides is 2. The first-order valence-electron chi connectivity index (χ1n) is 12.6. The maximum atomic E-state index is 12.8. The van der Waals surface area contributed by atoms with Gasteiger partial charge in [0.15, 0.2) is 0 Å². The van der Waals surface area contributed by atoms with Crippen LogP contribution in [0.2, 0.25) is 0 Å². The smallest absolute Gasteiger partial charge is 0.251 e. The molecule has 3 aliphatic carbocycles. The molecule has 3 fully saturated rings. The number of pyridine rings is 1. The van der Waals surface area contributed by atoms with E-state index in [1.807, 2.05) is 42.9 Å². The van der Waals surface area contributed by atoms with Crippen molar-refractivity contribution in [3.63, 3.8) is 0 Å². The van der Waals surface area contributed by atoms with E-state index in [0.29, 0.717) is 11.3 Å². The Kier molecular flexibility index (Phi) is 5.47. The van der Waals surface area contributed by atoms with Crippen LogP contribution >= 0.6 is 0 Å². The molecular formula is C29H29N5O3. The van der Waals surface area contributed by atoms with E-state index >= 15 is 0 Å². The molecule has 3 saturated carbocycles. The summed E-state index contributed by atoms with van der Waals surface area (Å²) in [6.45, 7) is 3.94. The molecule has 0 atom stereocenters. The van der Waals surface area contributed by atoms with Gasteiger partial charge in [0.1, 0.15) is 11.5 Å². The molecule has 2 heterocycles. The maximum Gasteiger partial charge on any atom is 0.251 e. The zero-order valence-corrected chi connectivity index (χ0v) is 21.2. The first-order chi connectivity index (χ1) is 17.8. The van der Waals surface area contributed by atoms with Gasteiger partial charge >= 0.3 is 0 Å². The summed E-state index contributed by atoms with van der Waals surface area (Å²) in [4.78, 5) is 29.3. The predicted octanol–water partition coefficient (Wildman–Crippen LogP) is 4.89. The molecule has 2 aromatic heterocycles. The fourth-order valence-electron chi connectivity index (χ4n) is 5.66. The topological polar surface area (TPSA) is 98.1 Å². The Morgan fingerprint density at radius 1 is 1.11 bits per heavy atom. The molecule has 0 radical (unpaired) electrons. The fourth-order valence-corrected chi connectivity index (χ4v) is 5.66. The van der Waals surface area contributed by atoms with E-state index < -0.39 is 0 Å². The Labute approximate surface area is 215 Å². The van der Waals surface area contributed by atoms with E-state index in [4.69, 9.17) is 4.74 Å². The molecule has 2 amide bonds. The lowest BCUT2D eigenvalue weighted by molar-refractivity contribution is -0.115. The van der Waals surface area contributed by atoms with Gasteiger partial charge in [-0.3, -0.25) is 19.3 Å². The van der Waals surface area contributed by atoms with Crippen LogP contribution in [0.4, 0.5) is 5.69 Å². The third-order valence-corrected chi connectivity index (χ3v) is 7.65. The average molecular weight is 496 g/mol. The van der Waals surface area contributed by atoms with Crippen molar-refractivity contribution in [2.24, 2.45) is 5.92 Å². The van der Waals surface area contributed by atoms with Crippen molar-refractivity contribution in [3.05, 3.63) is 77.2 Å². The van der Waals surface area contributed by atoms with Crippen molar-refractivity contribution in [1.82, 2.24) is 20.1 Å². The summed E-state index contributed by atoms with van der Waals surface area (Å²) in [5, 5.41) is 10.9. The Hall–Kier alpha value is -4.20. The lowest BCUT2D eigenvalue weighted by atomic mass is 9.50. The number of anilines is 1. The quantitative estimate of drug-likeness (QED) is 0.380. The summed E-state index contributed by atoms with van der Waals surface area (Å²) in [5.41, 5.74) is 4.99. The molecule has 2 aromatic carbocycles. The number of rotatable bonds is 7. The zero-order chi connectivity index (χ0) is 25.7. The van der Waals surface area contributed by atoms with Gasteiger partial charge in [0.2, 0.25) is 5.91 Å². The SMILES string of the molecule is CNC(=O)c1ccc2nccc(Oc3c(C)cc(CC(=O)Nc4cnn(C56CC(C5)C6)c4)cc3C)c2c1. The Morgan fingerprint density at radius 2 is 1.86 bits per heavy atom. The van der Waals surface area contributed by atoms with E-state index in [-0.39, 0.29) is 23.8 Å². The molecule has 188 valence electrons. The van der Waals surface area contributed by atoms with Crippen LogP contribution in [0.3, 0.4) is 0 Å². The van der Waals surface area contributed by atoms with Gasteiger partial charge in [0.25, 0.3) is 5.91 Å². The van der Waals surface area contributed by atoms with E-state index in [9.17, 15) is 9.59 Å². The highest BCUT2D eigenvalue weighted by Gasteiger charge is 2.58. The standard InChI is InChI=1S/C29H29N5O3/c1-17-8-19(10-26(35)33-22-15-32-34(16-22)29-12-20(13-29)14-29)9-18(2)27(17)37-25-6-7-31-24-5-4-21(11-23(24)25)28(36)30-3/h4-9,11,15-16,20H,10,12-14H2,1-3H3,(H,30,36)(H,33,35).